The summed E-state index contributed by atoms with van der Waals surface area (Å²) in [7, 11) is 0. The van der Waals surface area contributed by atoms with Crippen LogP contribution in [0.1, 0.15) is 16.7 Å². The van der Waals surface area contributed by atoms with Crippen molar-refractivity contribution in [1.82, 2.24) is 20.2 Å². The highest BCUT2D eigenvalue weighted by atomic mass is 32.2. The van der Waals surface area contributed by atoms with E-state index in [2.05, 4.69) is 15.5 Å². The Kier molecular flexibility index (Phi) is 4.41. The van der Waals surface area contributed by atoms with Crippen molar-refractivity contribution in [2.75, 3.05) is 0 Å². The van der Waals surface area contributed by atoms with Gasteiger partial charge < -0.3 is 9.52 Å². The van der Waals surface area contributed by atoms with E-state index in [0.29, 0.717) is 22.1 Å². The van der Waals surface area contributed by atoms with Gasteiger partial charge in [0.15, 0.2) is 0 Å². The van der Waals surface area contributed by atoms with Gasteiger partial charge >= 0.3 is 5.63 Å². The number of benzene rings is 2. The van der Waals surface area contributed by atoms with Gasteiger partial charge in [-0.05, 0) is 54.1 Å². The molecule has 0 unspecified atom stereocenters. The lowest BCUT2D eigenvalue weighted by molar-refractivity contribution is 0.468. The minimum atomic E-state index is -0.454. The first-order chi connectivity index (χ1) is 13.0. The summed E-state index contributed by atoms with van der Waals surface area (Å²) in [4.78, 5) is 11.9. The minimum Gasteiger partial charge on any atom is -0.508 e. The maximum atomic E-state index is 11.9. The van der Waals surface area contributed by atoms with Crippen molar-refractivity contribution in [1.29, 1.82) is 0 Å². The third-order valence-electron chi connectivity index (χ3n) is 4.29. The molecular formula is C19H16N4O3S. The van der Waals surface area contributed by atoms with Crippen LogP contribution in [0.15, 0.2) is 56.8 Å². The molecule has 0 radical (unpaired) electrons. The van der Waals surface area contributed by atoms with Gasteiger partial charge in [-0.1, -0.05) is 29.5 Å². The Hall–Kier alpha value is -3.13. The number of aromatic hydroxyl groups is 1. The molecule has 0 spiro atoms. The second-order valence-electron chi connectivity index (χ2n) is 6.17. The molecule has 2 aromatic heterocycles. The molecule has 0 bridgehead atoms. The van der Waals surface area contributed by atoms with Crippen LogP contribution in [0, 0.1) is 13.8 Å². The summed E-state index contributed by atoms with van der Waals surface area (Å²) in [5.41, 5.74) is 3.31. The molecule has 8 heteroatoms. The van der Waals surface area contributed by atoms with Gasteiger partial charge in [-0.3, -0.25) is 0 Å². The summed E-state index contributed by atoms with van der Waals surface area (Å²) in [5, 5.41) is 23.2. The highest BCUT2D eigenvalue weighted by molar-refractivity contribution is 7.98. The van der Waals surface area contributed by atoms with E-state index in [-0.39, 0.29) is 5.75 Å². The van der Waals surface area contributed by atoms with Crippen molar-refractivity contribution in [3.8, 4) is 11.4 Å². The number of rotatable bonds is 4. The maximum absolute atomic E-state index is 11.9. The first-order valence-electron chi connectivity index (χ1n) is 8.26. The molecule has 2 aromatic carbocycles. The Bertz CT molecular complexity index is 1180. The number of phenols is 1. The summed E-state index contributed by atoms with van der Waals surface area (Å²) in [6, 6.07) is 12.7. The molecular weight excluding hydrogens is 364 g/mol. The average Bonchev–Trinajstić information content (AvgIpc) is 3.12. The molecule has 1 N–H and O–H groups in total. The zero-order valence-electron chi connectivity index (χ0n) is 14.7. The number of thioether (sulfide) groups is 1. The number of nitrogens with zero attached hydrogens (tertiary/aromatic N) is 4. The number of tetrazole rings is 1. The largest absolute Gasteiger partial charge is 0.508 e. The standard InChI is InChI=1S/C19H16N4O3S/c1-11-3-5-14(6-4-11)23-19(20-21-22-23)27-10-13-9-17(25)26-18-12(2)16(24)8-7-15(13)18/h3-9,24H,10H2,1-2H3. The van der Waals surface area contributed by atoms with Gasteiger partial charge in [0.2, 0.25) is 5.16 Å². The van der Waals surface area contributed by atoms with E-state index in [1.807, 2.05) is 31.2 Å². The number of hydrogen-bond donors (Lipinski definition) is 1. The van der Waals surface area contributed by atoms with E-state index >= 15 is 0 Å². The van der Waals surface area contributed by atoms with Crippen molar-refractivity contribution in [3.63, 3.8) is 0 Å². The molecule has 2 heterocycles. The van der Waals surface area contributed by atoms with Crippen molar-refractivity contribution in [3.05, 3.63) is 69.6 Å². The van der Waals surface area contributed by atoms with Crippen molar-refractivity contribution in [2.24, 2.45) is 0 Å². The first kappa shape index (κ1) is 17.3. The molecule has 0 saturated carbocycles. The fraction of sp³-hybridized carbons (Fsp3) is 0.158. The number of hydrogen-bond acceptors (Lipinski definition) is 7. The number of aromatic nitrogens is 4. The van der Waals surface area contributed by atoms with Gasteiger partial charge in [0.1, 0.15) is 11.3 Å². The van der Waals surface area contributed by atoms with Crippen molar-refractivity contribution >= 4 is 22.7 Å². The van der Waals surface area contributed by atoms with Crippen LogP contribution < -0.4 is 5.63 Å². The Morgan fingerprint density at radius 3 is 2.70 bits per heavy atom. The van der Waals surface area contributed by atoms with E-state index in [1.54, 1.807) is 23.7 Å². The Morgan fingerprint density at radius 2 is 1.93 bits per heavy atom. The highest BCUT2D eigenvalue weighted by Crippen LogP contribution is 2.30. The lowest BCUT2D eigenvalue weighted by Crippen LogP contribution is -2.02. The highest BCUT2D eigenvalue weighted by Gasteiger charge is 2.14. The van der Waals surface area contributed by atoms with E-state index in [1.165, 1.54) is 17.8 Å². The zero-order valence-corrected chi connectivity index (χ0v) is 15.5. The van der Waals surface area contributed by atoms with Crippen LogP contribution in [0.2, 0.25) is 0 Å². The molecule has 0 aliphatic heterocycles. The van der Waals surface area contributed by atoms with Gasteiger partial charge in [0.25, 0.3) is 0 Å². The summed E-state index contributed by atoms with van der Waals surface area (Å²) < 4.78 is 6.95. The molecule has 4 aromatic rings. The van der Waals surface area contributed by atoms with Crippen LogP contribution in [0.3, 0.4) is 0 Å². The summed E-state index contributed by atoms with van der Waals surface area (Å²) in [6.45, 7) is 3.74. The Labute approximate surface area is 158 Å². The summed E-state index contributed by atoms with van der Waals surface area (Å²) in [6.07, 6.45) is 0. The molecule has 7 nitrogen and oxygen atoms in total. The zero-order chi connectivity index (χ0) is 19.0. The van der Waals surface area contributed by atoms with Gasteiger partial charge in [0, 0.05) is 22.8 Å². The van der Waals surface area contributed by atoms with Crippen LogP contribution >= 0.6 is 11.8 Å². The van der Waals surface area contributed by atoms with E-state index in [4.69, 9.17) is 4.42 Å². The van der Waals surface area contributed by atoms with Crippen molar-refractivity contribution < 1.29 is 9.52 Å². The summed E-state index contributed by atoms with van der Waals surface area (Å²) >= 11 is 1.42. The fourth-order valence-electron chi connectivity index (χ4n) is 2.79. The molecule has 0 amide bonds. The molecule has 0 saturated heterocycles. The van der Waals surface area contributed by atoms with Crippen LogP contribution in [0.4, 0.5) is 0 Å². The second-order valence-corrected chi connectivity index (χ2v) is 7.12. The molecule has 4 rings (SSSR count). The normalized spacial score (nSPS) is 11.2. The SMILES string of the molecule is Cc1ccc(-n2nnnc2SCc2cc(=O)oc3c(C)c(O)ccc23)cc1. The van der Waals surface area contributed by atoms with Gasteiger partial charge in [0.05, 0.1) is 5.69 Å². The van der Waals surface area contributed by atoms with Crippen molar-refractivity contribution in [2.45, 2.75) is 24.8 Å². The lowest BCUT2D eigenvalue weighted by atomic mass is 10.1. The number of phenolic OH excluding ortho intramolecular Hbond substituents is 1. The number of aryl methyl sites for hydroxylation is 2. The Balaban J connectivity index is 1.67. The second kappa shape index (κ2) is 6.88. The minimum absolute atomic E-state index is 0.0961. The van der Waals surface area contributed by atoms with E-state index in [9.17, 15) is 9.90 Å². The monoisotopic (exact) mass is 380 g/mol. The maximum Gasteiger partial charge on any atom is 0.336 e. The van der Waals surface area contributed by atoms with E-state index < -0.39 is 5.63 Å². The predicted octanol–water partition coefficient (Wildman–Crippen LogP) is 3.38. The van der Waals surface area contributed by atoms with E-state index in [0.717, 1.165) is 22.2 Å². The molecule has 0 atom stereocenters. The summed E-state index contributed by atoms with van der Waals surface area (Å²) in [5.74, 6) is 0.581. The smallest absolute Gasteiger partial charge is 0.336 e. The molecule has 0 fully saturated rings. The molecule has 0 aliphatic carbocycles. The average molecular weight is 380 g/mol. The molecule has 27 heavy (non-hydrogen) atoms. The quantitative estimate of drug-likeness (QED) is 0.428. The molecule has 0 aliphatic rings. The Morgan fingerprint density at radius 1 is 1.15 bits per heavy atom. The molecule has 136 valence electrons. The predicted molar refractivity (Wildman–Crippen MR) is 102 cm³/mol. The van der Waals surface area contributed by atoms with Gasteiger partial charge in [-0.15, -0.1) is 5.10 Å². The third-order valence-corrected chi connectivity index (χ3v) is 5.26. The van der Waals surface area contributed by atoms with Crippen LogP contribution in [0.25, 0.3) is 16.7 Å². The fourth-order valence-corrected chi connectivity index (χ4v) is 3.68. The third kappa shape index (κ3) is 3.31. The van der Waals surface area contributed by atoms with Gasteiger partial charge in [-0.2, -0.15) is 4.68 Å². The van der Waals surface area contributed by atoms with Crippen LogP contribution in [0.5, 0.6) is 5.75 Å². The lowest BCUT2D eigenvalue weighted by Gasteiger charge is -2.08. The topological polar surface area (TPSA) is 94.0 Å². The first-order valence-corrected chi connectivity index (χ1v) is 9.25. The van der Waals surface area contributed by atoms with Crippen LogP contribution in [-0.2, 0) is 5.75 Å². The number of fused-ring (bicyclic) bond motifs is 1. The van der Waals surface area contributed by atoms with Crippen LogP contribution in [-0.4, -0.2) is 25.3 Å². The van der Waals surface area contributed by atoms with Gasteiger partial charge in [-0.25, -0.2) is 4.79 Å².